The van der Waals surface area contributed by atoms with Crippen LogP contribution >= 0.6 is 11.6 Å². The molecule has 0 aliphatic heterocycles. The third kappa shape index (κ3) is 5.21. The van der Waals surface area contributed by atoms with Gasteiger partial charge in [-0.15, -0.1) is 0 Å². The number of carboxylic acids is 1. The average molecular weight is 298 g/mol. The van der Waals surface area contributed by atoms with Crippen LogP contribution in [0.2, 0.25) is 5.02 Å². The molecule has 0 heterocycles. The summed E-state index contributed by atoms with van der Waals surface area (Å²) in [5.74, 6) is -0.813. The highest BCUT2D eigenvalue weighted by molar-refractivity contribution is 6.31. The number of amides is 1. The van der Waals surface area contributed by atoms with Gasteiger partial charge in [-0.05, 0) is 36.6 Å². The maximum atomic E-state index is 12.5. The Hall–Kier alpha value is -1.55. The van der Waals surface area contributed by atoms with E-state index in [1.807, 2.05) is 20.8 Å². The number of aryl methyl sites for hydroxylation is 1. The van der Waals surface area contributed by atoms with Gasteiger partial charge in [0.25, 0.3) is 5.91 Å². The van der Waals surface area contributed by atoms with Crippen LogP contribution in [0.25, 0.3) is 0 Å². The van der Waals surface area contributed by atoms with E-state index in [1.165, 1.54) is 0 Å². The number of carbonyl (C=O) groups is 2. The van der Waals surface area contributed by atoms with Crippen molar-refractivity contribution >= 4 is 23.5 Å². The standard InChI is InChI=1S/C15H20ClNO3/c1-10(2)9-17(5-4-14(18)19)15(20)12-6-11(3)7-13(16)8-12/h6-8,10H,4-5,9H2,1-3H3,(H,18,19). The van der Waals surface area contributed by atoms with E-state index in [0.717, 1.165) is 5.56 Å². The normalized spacial score (nSPS) is 10.7. The SMILES string of the molecule is Cc1cc(Cl)cc(C(=O)N(CCC(=O)O)CC(C)C)c1. The number of rotatable bonds is 6. The van der Waals surface area contributed by atoms with Crippen molar-refractivity contribution in [1.29, 1.82) is 0 Å². The summed E-state index contributed by atoms with van der Waals surface area (Å²) in [7, 11) is 0. The molecule has 1 aromatic carbocycles. The number of benzene rings is 1. The molecule has 0 aliphatic carbocycles. The summed E-state index contributed by atoms with van der Waals surface area (Å²) in [6.07, 6.45) is -0.0575. The minimum atomic E-state index is -0.908. The van der Waals surface area contributed by atoms with E-state index in [-0.39, 0.29) is 24.8 Å². The summed E-state index contributed by atoms with van der Waals surface area (Å²) in [5, 5.41) is 9.29. The zero-order chi connectivity index (χ0) is 15.3. The third-order valence-corrected chi connectivity index (χ3v) is 2.98. The molecule has 0 saturated carbocycles. The van der Waals surface area contributed by atoms with Gasteiger partial charge in [-0.2, -0.15) is 0 Å². The van der Waals surface area contributed by atoms with Crippen LogP contribution < -0.4 is 0 Å². The Morgan fingerprint density at radius 2 is 1.95 bits per heavy atom. The largest absolute Gasteiger partial charge is 0.481 e. The molecule has 0 radical (unpaired) electrons. The summed E-state index contributed by atoms with van der Waals surface area (Å²) < 4.78 is 0. The number of halogens is 1. The first-order valence-electron chi connectivity index (χ1n) is 6.58. The number of aliphatic carboxylic acids is 1. The lowest BCUT2D eigenvalue weighted by Gasteiger charge is -2.24. The zero-order valence-corrected chi connectivity index (χ0v) is 12.8. The van der Waals surface area contributed by atoms with Gasteiger partial charge in [0.1, 0.15) is 0 Å². The first-order valence-corrected chi connectivity index (χ1v) is 6.95. The second-order valence-corrected chi connectivity index (χ2v) is 5.74. The predicted molar refractivity (Wildman–Crippen MR) is 79.2 cm³/mol. The summed E-state index contributed by atoms with van der Waals surface area (Å²) in [4.78, 5) is 24.7. The number of nitrogens with zero attached hydrogens (tertiary/aromatic N) is 1. The van der Waals surface area contributed by atoms with E-state index in [4.69, 9.17) is 16.7 Å². The van der Waals surface area contributed by atoms with Gasteiger partial charge < -0.3 is 10.0 Å². The average Bonchev–Trinajstić information content (AvgIpc) is 2.31. The van der Waals surface area contributed by atoms with E-state index >= 15 is 0 Å². The molecule has 0 aliphatic rings. The van der Waals surface area contributed by atoms with Crippen molar-refractivity contribution in [1.82, 2.24) is 4.90 Å². The zero-order valence-electron chi connectivity index (χ0n) is 12.0. The highest BCUT2D eigenvalue weighted by Gasteiger charge is 2.18. The highest BCUT2D eigenvalue weighted by Crippen LogP contribution is 2.17. The Bertz CT molecular complexity index is 480. The van der Waals surface area contributed by atoms with Gasteiger partial charge in [0.2, 0.25) is 0 Å². The van der Waals surface area contributed by atoms with E-state index in [2.05, 4.69) is 0 Å². The van der Waals surface area contributed by atoms with Crippen LogP contribution in [0.5, 0.6) is 0 Å². The fourth-order valence-corrected chi connectivity index (χ4v) is 2.28. The number of carboxylic acid groups (broad SMARTS) is 1. The number of hydrogen-bond donors (Lipinski definition) is 1. The molecule has 0 atom stereocenters. The van der Waals surface area contributed by atoms with Crippen LogP contribution in [0.1, 0.15) is 36.2 Å². The molecule has 5 heteroatoms. The maximum absolute atomic E-state index is 12.5. The molecule has 0 fully saturated rings. The molecule has 110 valence electrons. The van der Waals surface area contributed by atoms with Gasteiger partial charge in [0, 0.05) is 23.7 Å². The third-order valence-electron chi connectivity index (χ3n) is 2.76. The Balaban J connectivity index is 2.93. The van der Waals surface area contributed by atoms with Crippen LogP contribution in [-0.2, 0) is 4.79 Å². The van der Waals surface area contributed by atoms with Gasteiger partial charge in [-0.3, -0.25) is 9.59 Å². The lowest BCUT2D eigenvalue weighted by Crippen LogP contribution is -2.36. The summed E-state index contributed by atoms with van der Waals surface area (Å²) >= 11 is 5.97. The molecule has 1 amide bonds. The molecular weight excluding hydrogens is 278 g/mol. The van der Waals surface area contributed by atoms with Crippen molar-refractivity contribution in [3.05, 3.63) is 34.3 Å². The topological polar surface area (TPSA) is 57.6 Å². The van der Waals surface area contributed by atoms with Crippen LogP contribution in [0.4, 0.5) is 0 Å². The molecular formula is C15H20ClNO3. The Kier molecular flexibility index (Phi) is 6.02. The van der Waals surface area contributed by atoms with E-state index in [1.54, 1.807) is 23.1 Å². The molecule has 0 saturated heterocycles. The predicted octanol–water partition coefficient (Wildman–Crippen LogP) is 3.22. The lowest BCUT2D eigenvalue weighted by atomic mass is 10.1. The fraction of sp³-hybridized carbons (Fsp3) is 0.467. The quantitative estimate of drug-likeness (QED) is 0.877. The van der Waals surface area contributed by atoms with E-state index in [9.17, 15) is 9.59 Å². The van der Waals surface area contributed by atoms with Crippen molar-refractivity contribution in [2.24, 2.45) is 5.92 Å². The second-order valence-electron chi connectivity index (χ2n) is 5.31. The van der Waals surface area contributed by atoms with Gasteiger partial charge in [-0.25, -0.2) is 0 Å². The number of carbonyl (C=O) groups excluding carboxylic acids is 1. The van der Waals surface area contributed by atoms with Crippen LogP contribution in [0.15, 0.2) is 18.2 Å². The summed E-state index contributed by atoms with van der Waals surface area (Å²) in [6.45, 7) is 6.58. The molecule has 1 aromatic rings. The molecule has 0 spiro atoms. The molecule has 20 heavy (non-hydrogen) atoms. The van der Waals surface area contributed by atoms with Gasteiger partial charge in [-0.1, -0.05) is 25.4 Å². The molecule has 0 bridgehead atoms. The summed E-state index contributed by atoms with van der Waals surface area (Å²) in [5.41, 5.74) is 1.41. The molecule has 0 unspecified atom stereocenters. The Morgan fingerprint density at radius 1 is 1.30 bits per heavy atom. The molecule has 0 aromatic heterocycles. The minimum absolute atomic E-state index is 0.0575. The monoisotopic (exact) mass is 297 g/mol. The van der Waals surface area contributed by atoms with Gasteiger partial charge in [0.15, 0.2) is 0 Å². The lowest BCUT2D eigenvalue weighted by molar-refractivity contribution is -0.137. The van der Waals surface area contributed by atoms with Crippen molar-refractivity contribution in [2.45, 2.75) is 27.2 Å². The number of hydrogen-bond acceptors (Lipinski definition) is 2. The molecule has 1 rings (SSSR count). The van der Waals surface area contributed by atoms with Crippen molar-refractivity contribution in [2.75, 3.05) is 13.1 Å². The van der Waals surface area contributed by atoms with Crippen molar-refractivity contribution < 1.29 is 14.7 Å². The maximum Gasteiger partial charge on any atom is 0.305 e. The van der Waals surface area contributed by atoms with Crippen LogP contribution in [-0.4, -0.2) is 35.0 Å². The van der Waals surface area contributed by atoms with Gasteiger partial charge >= 0.3 is 5.97 Å². The second kappa shape index (κ2) is 7.29. The van der Waals surface area contributed by atoms with Crippen molar-refractivity contribution in [3.8, 4) is 0 Å². The smallest absolute Gasteiger partial charge is 0.305 e. The summed E-state index contributed by atoms with van der Waals surface area (Å²) in [6, 6.07) is 5.16. The molecule has 1 N–H and O–H groups in total. The highest BCUT2D eigenvalue weighted by atomic mass is 35.5. The first-order chi connectivity index (χ1) is 9.29. The van der Waals surface area contributed by atoms with E-state index < -0.39 is 5.97 Å². The van der Waals surface area contributed by atoms with Crippen molar-refractivity contribution in [3.63, 3.8) is 0 Å². The fourth-order valence-electron chi connectivity index (χ4n) is 1.99. The first kappa shape index (κ1) is 16.5. The Morgan fingerprint density at radius 3 is 2.45 bits per heavy atom. The van der Waals surface area contributed by atoms with Crippen LogP contribution in [0.3, 0.4) is 0 Å². The molecule has 4 nitrogen and oxygen atoms in total. The Labute approximate surface area is 124 Å². The van der Waals surface area contributed by atoms with E-state index in [0.29, 0.717) is 17.1 Å². The van der Waals surface area contributed by atoms with Gasteiger partial charge in [0.05, 0.1) is 6.42 Å². The minimum Gasteiger partial charge on any atom is -0.481 e. The van der Waals surface area contributed by atoms with Crippen LogP contribution in [0, 0.1) is 12.8 Å².